The lowest BCUT2D eigenvalue weighted by Crippen LogP contribution is -2.29. The van der Waals surface area contributed by atoms with Crippen LogP contribution in [0.4, 0.5) is 5.69 Å². The Hall–Kier alpha value is -1.81. The number of carboxylic acids is 1. The fraction of sp³-hybridized carbons (Fsp3) is 0.438. The minimum Gasteiger partial charge on any atom is -0.478 e. The number of rotatable bonds is 3. The molecule has 108 valence electrons. The van der Waals surface area contributed by atoms with Crippen molar-refractivity contribution in [1.29, 1.82) is 0 Å². The molecule has 0 amide bonds. The summed E-state index contributed by atoms with van der Waals surface area (Å²) in [5.41, 5.74) is 3.38. The van der Waals surface area contributed by atoms with Gasteiger partial charge in [-0.2, -0.15) is 0 Å². The van der Waals surface area contributed by atoms with Gasteiger partial charge in [0, 0.05) is 31.4 Å². The molecule has 1 aromatic rings. The molecule has 0 bridgehead atoms. The fourth-order valence-electron chi connectivity index (χ4n) is 2.59. The van der Waals surface area contributed by atoms with Crippen LogP contribution in [0.15, 0.2) is 24.3 Å². The molecule has 1 saturated heterocycles. The van der Waals surface area contributed by atoms with Crippen molar-refractivity contribution in [1.82, 2.24) is 4.90 Å². The number of hydrogen-bond acceptors (Lipinski definition) is 3. The van der Waals surface area contributed by atoms with Gasteiger partial charge in [0.1, 0.15) is 0 Å². The highest BCUT2D eigenvalue weighted by Crippen LogP contribution is 2.23. The van der Waals surface area contributed by atoms with Crippen molar-refractivity contribution < 1.29 is 9.90 Å². The highest BCUT2D eigenvalue weighted by atomic mass is 16.4. The molecule has 2 rings (SSSR count). The second-order valence-electron chi connectivity index (χ2n) is 5.36. The molecule has 0 spiro atoms. The van der Waals surface area contributed by atoms with Gasteiger partial charge < -0.3 is 14.9 Å². The van der Waals surface area contributed by atoms with E-state index in [-0.39, 0.29) is 0 Å². The number of nitrogens with zero attached hydrogens (tertiary/aromatic N) is 2. The Morgan fingerprint density at radius 2 is 2.05 bits per heavy atom. The minimum absolute atomic E-state index is 0.915. The lowest BCUT2D eigenvalue weighted by Gasteiger charge is -2.25. The van der Waals surface area contributed by atoms with Crippen LogP contribution in [-0.4, -0.2) is 49.2 Å². The number of aryl methyl sites for hydroxylation is 1. The van der Waals surface area contributed by atoms with Crippen LogP contribution in [0.1, 0.15) is 17.5 Å². The van der Waals surface area contributed by atoms with Gasteiger partial charge in [0.05, 0.1) is 0 Å². The van der Waals surface area contributed by atoms with Crippen molar-refractivity contribution in [3.05, 3.63) is 35.4 Å². The molecule has 1 aliphatic rings. The highest BCUT2D eigenvalue weighted by molar-refractivity contribution is 5.85. The topological polar surface area (TPSA) is 43.8 Å². The minimum atomic E-state index is -0.915. The van der Waals surface area contributed by atoms with Crippen molar-refractivity contribution in [2.45, 2.75) is 13.3 Å². The van der Waals surface area contributed by atoms with Crippen LogP contribution in [0, 0.1) is 6.92 Å². The largest absolute Gasteiger partial charge is 0.478 e. The van der Waals surface area contributed by atoms with Crippen LogP contribution in [0.2, 0.25) is 0 Å². The van der Waals surface area contributed by atoms with E-state index in [0.29, 0.717) is 0 Å². The average molecular weight is 274 g/mol. The molecule has 0 radical (unpaired) electrons. The Kier molecular flexibility index (Phi) is 4.79. The van der Waals surface area contributed by atoms with Crippen molar-refractivity contribution >= 4 is 17.7 Å². The summed E-state index contributed by atoms with van der Waals surface area (Å²) in [6.45, 7) is 6.44. The molecule has 0 aromatic heterocycles. The second kappa shape index (κ2) is 6.57. The van der Waals surface area contributed by atoms with Gasteiger partial charge in [0.25, 0.3) is 0 Å². The van der Waals surface area contributed by atoms with Gasteiger partial charge in [-0.15, -0.1) is 0 Å². The number of anilines is 1. The molecule has 0 saturated carbocycles. The van der Waals surface area contributed by atoms with E-state index in [1.807, 2.05) is 12.1 Å². The second-order valence-corrected chi connectivity index (χ2v) is 5.36. The maximum atomic E-state index is 10.5. The molecule has 0 atom stereocenters. The Labute approximate surface area is 120 Å². The van der Waals surface area contributed by atoms with Gasteiger partial charge in [0.2, 0.25) is 0 Å². The van der Waals surface area contributed by atoms with Crippen LogP contribution in [0.25, 0.3) is 6.08 Å². The first kappa shape index (κ1) is 14.6. The molecule has 4 nitrogen and oxygen atoms in total. The first-order valence-corrected chi connectivity index (χ1v) is 7.01. The number of likely N-dealkylation sites (N-methyl/N-ethyl adjacent to an activating group) is 1. The van der Waals surface area contributed by atoms with Crippen LogP contribution < -0.4 is 4.90 Å². The number of hydrogen-bond donors (Lipinski definition) is 1. The van der Waals surface area contributed by atoms with Gasteiger partial charge >= 0.3 is 5.97 Å². The summed E-state index contributed by atoms with van der Waals surface area (Å²) in [6.07, 6.45) is 3.99. The zero-order valence-electron chi connectivity index (χ0n) is 12.2. The lowest BCUT2D eigenvalue weighted by molar-refractivity contribution is -0.131. The zero-order valence-corrected chi connectivity index (χ0v) is 12.2. The van der Waals surface area contributed by atoms with Crippen molar-refractivity contribution in [3.8, 4) is 0 Å². The van der Waals surface area contributed by atoms with E-state index in [0.717, 1.165) is 31.7 Å². The first-order valence-electron chi connectivity index (χ1n) is 7.01. The molecule has 1 aromatic carbocycles. The lowest BCUT2D eigenvalue weighted by atomic mass is 10.1. The van der Waals surface area contributed by atoms with Crippen molar-refractivity contribution in [2.24, 2.45) is 0 Å². The van der Waals surface area contributed by atoms with E-state index in [1.165, 1.54) is 23.7 Å². The molecule has 1 fully saturated rings. The summed E-state index contributed by atoms with van der Waals surface area (Å²) in [7, 11) is 2.16. The monoisotopic (exact) mass is 274 g/mol. The van der Waals surface area contributed by atoms with Crippen LogP contribution in [0.3, 0.4) is 0 Å². The van der Waals surface area contributed by atoms with Crippen LogP contribution >= 0.6 is 0 Å². The molecule has 1 N–H and O–H groups in total. The average Bonchev–Trinajstić information content (AvgIpc) is 2.61. The van der Waals surface area contributed by atoms with E-state index < -0.39 is 5.97 Å². The van der Waals surface area contributed by atoms with Crippen LogP contribution in [0.5, 0.6) is 0 Å². The number of carboxylic acid groups (broad SMARTS) is 1. The van der Waals surface area contributed by atoms with E-state index in [4.69, 9.17) is 5.11 Å². The third kappa shape index (κ3) is 3.84. The summed E-state index contributed by atoms with van der Waals surface area (Å²) in [6, 6.07) is 6.13. The van der Waals surface area contributed by atoms with E-state index >= 15 is 0 Å². The predicted molar refractivity (Wildman–Crippen MR) is 82.2 cm³/mol. The number of benzene rings is 1. The standard InChI is InChI=1S/C16H22N2O2/c1-13-12-14(5-7-16(19)20)4-6-15(13)18-9-3-8-17(2)10-11-18/h4-7,12H,3,8-11H2,1-2H3,(H,19,20). The molecule has 0 aliphatic carbocycles. The Bertz CT molecular complexity index is 511. The number of aliphatic carboxylic acids is 1. The fourth-order valence-corrected chi connectivity index (χ4v) is 2.59. The highest BCUT2D eigenvalue weighted by Gasteiger charge is 2.14. The molecule has 20 heavy (non-hydrogen) atoms. The first-order chi connectivity index (χ1) is 9.56. The van der Waals surface area contributed by atoms with Crippen molar-refractivity contribution in [3.63, 3.8) is 0 Å². The van der Waals surface area contributed by atoms with Gasteiger partial charge in [0.15, 0.2) is 0 Å². The normalized spacial score (nSPS) is 17.4. The molecule has 1 aliphatic heterocycles. The quantitative estimate of drug-likeness (QED) is 0.859. The summed E-state index contributed by atoms with van der Waals surface area (Å²) in [5.74, 6) is -0.915. The predicted octanol–water partition coefficient (Wildman–Crippen LogP) is 2.23. The van der Waals surface area contributed by atoms with Crippen molar-refractivity contribution in [2.75, 3.05) is 38.1 Å². The maximum absolute atomic E-state index is 10.5. The van der Waals surface area contributed by atoms with E-state index in [1.54, 1.807) is 6.08 Å². The Morgan fingerprint density at radius 1 is 1.25 bits per heavy atom. The molecule has 1 heterocycles. The third-order valence-electron chi connectivity index (χ3n) is 3.70. The summed E-state index contributed by atoms with van der Waals surface area (Å²) in [5, 5.41) is 8.66. The van der Waals surface area contributed by atoms with Crippen LogP contribution in [-0.2, 0) is 4.79 Å². The van der Waals surface area contributed by atoms with Gasteiger partial charge in [-0.25, -0.2) is 4.79 Å². The number of carbonyl (C=O) groups is 1. The van der Waals surface area contributed by atoms with Gasteiger partial charge in [-0.05, 0) is 56.3 Å². The van der Waals surface area contributed by atoms with Gasteiger partial charge in [-0.3, -0.25) is 0 Å². The molecule has 4 heteroatoms. The summed E-state index contributed by atoms with van der Waals surface area (Å²) >= 11 is 0. The molecular formula is C16H22N2O2. The molecular weight excluding hydrogens is 252 g/mol. The van der Waals surface area contributed by atoms with E-state index in [2.05, 4.69) is 29.8 Å². The Morgan fingerprint density at radius 3 is 2.75 bits per heavy atom. The third-order valence-corrected chi connectivity index (χ3v) is 3.70. The maximum Gasteiger partial charge on any atom is 0.328 e. The summed E-state index contributed by atoms with van der Waals surface area (Å²) < 4.78 is 0. The smallest absolute Gasteiger partial charge is 0.328 e. The molecule has 0 unspecified atom stereocenters. The summed E-state index contributed by atoms with van der Waals surface area (Å²) in [4.78, 5) is 15.3. The van der Waals surface area contributed by atoms with E-state index in [9.17, 15) is 4.79 Å². The Balaban J connectivity index is 2.14. The SMILES string of the molecule is Cc1cc(C=CC(=O)O)ccc1N1CCCN(C)CC1. The zero-order chi connectivity index (χ0) is 14.5. The van der Waals surface area contributed by atoms with Gasteiger partial charge in [-0.1, -0.05) is 6.07 Å².